The normalized spacial score (nSPS) is 16.7. The molecular weight excluding hydrogens is 366 g/mol. The average Bonchev–Trinajstić information content (AvgIpc) is 2.98. The highest BCUT2D eigenvalue weighted by atomic mass is 16.3. The predicted molar refractivity (Wildman–Crippen MR) is 111 cm³/mol. The Kier molecular flexibility index (Phi) is 6.77. The van der Waals surface area contributed by atoms with E-state index >= 15 is 0 Å². The third-order valence-electron chi connectivity index (χ3n) is 5.06. The van der Waals surface area contributed by atoms with Crippen LogP contribution in [0, 0.1) is 0 Å². The summed E-state index contributed by atoms with van der Waals surface area (Å²) in [6, 6.07) is 14.5. The van der Waals surface area contributed by atoms with Gasteiger partial charge in [0.15, 0.2) is 11.5 Å². The second kappa shape index (κ2) is 9.47. The summed E-state index contributed by atoms with van der Waals surface area (Å²) in [7, 11) is 3.94. The van der Waals surface area contributed by atoms with Crippen molar-refractivity contribution in [1.82, 2.24) is 14.8 Å². The first kappa shape index (κ1) is 20.7. The Hall–Kier alpha value is -2.99. The molecule has 1 aromatic carbocycles. The van der Waals surface area contributed by atoms with Crippen molar-refractivity contribution in [3.8, 4) is 0 Å². The van der Waals surface area contributed by atoms with Crippen LogP contribution >= 0.6 is 0 Å². The van der Waals surface area contributed by atoms with E-state index in [1.807, 2.05) is 55.4 Å². The molecule has 2 heterocycles. The lowest BCUT2D eigenvalue weighted by molar-refractivity contribution is -0.129. The molecule has 6 nitrogen and oxygen atoms in total. The minimum Gasteiger partial charge on any atom is -0.503 e. The van der Waals surface area contributed by atoms with Gasteiger partial charge in [0.05, 0.1) is 11.3 Å². The highest BCUT2D eigenvalue weighted by Gasteiger charge is 2.43. The molecule has 1 unspecified atom stereocenters. The van der Waals surface area contributed by atoms with Gasteiger partial charge in [0, 0.05) is 19.2 Å². The summed E-state index contributed by atoms with van der Waals surface area (Å²) >= 11 is 0. The van der Waals surface area contributed by atoms with Crippen molar-refractivity contribution >= 4 is 11.7 Å². The number of amides is 1. The summed E-state index contributed by atoms with van der Waals surface area (Å²) in [6.07, 6.45) is 3.16. The summed E-state index contributed by atoms with van der Waals surface area (Å²) in [5, 5.41) is 10.6. The smallest absolute Gasteiger partial charge is 0.290 e. The Labute approximate surface area is 171 Å². The Bertz CT molecular complexity index is 879. The van der Waals surface area contributed by atoms with E-state index in [0.717, 1.165) is 18.5 Å². The number of aliphatic hydroxyl groups is 1. The van der Waals surface area contributed by atoms with E-state index in [2.05, 4.69) is 4.98 Å². The van der Waals surface area contributed by atoms with Crippen LogP contribution in [-0.2, 0) is 16.0 Å². The number of aliphatic hydroxyl groups excluding tert-OH is 1. The topological polar surface area (TPSA) is 73.7 Å². The monoisotopic (exact) mass is 393 g/mol. The molecule has 0 spiro atoms. The van der Waals surface area contributed by atoms with Crippen LogP contribution in [0.25, 0.3) is 0 Å². The number of benzene rings is 1. The number of Topliss-reactive ketones (excluding diaryl/α,β-unsaturated/α-hetero) is 1. The fourth-order valence-electron chi connectivity index (χ4n) is 3.61. The highest BCUT2D eigenvalue weighted by Crippen LogP contribution is 2.37. The molecule has 152 valence electrons. The lowest BCUT2D eigenvalue weighted by Gasteiger charge is -2.26. The molecule has 0 saturated carbocycles. The van der Waals surface area contributed by atoms with E-state index in [1.165, 1.54) is 0 Å². The largest absolute Gasteiger partial charge is 0.503 e. The summed E-state index contributed by atoms with van der Waals surface area (Å²) < 4.78 is 0. The van der Waals surface area contributed by atoms with E-state index in [4.69, 9.17) is 0 Å². The van der Waals surface area contributed by atoms with Gasteiger partial charge < -0.3 is 14.9 Å². The fourth-order valence-corrected chi connectivity index (χ4v) is 3.61. The van der Waals surface area contributed by atoms with Crippen LogP contribution < -0.4 is 0 Å². The van der Waals surface area contributed by atoms with Crippen LogP contribution in [-0.4, -0.2) is 58.8 Å². The minimum absolute atomic E-state index is 0.162. The molecule has 1 N–H and O–H groups in total. The van der Waals surface area contributed by atoms with Crippen LogP contribution in [0.3, 0.4) is 0 Å². The predicted octanol–water partition coefficient (Wildman–Crippen LogP) is 2.93. The first-order valence-electron chi connectivity index (χ1n) is 9.86. The lowest BCUT2D eigenvalue weighted by Crippen LogP contribution is -2.34. The Balaban J connectivity index is 1.84. The Morgan fingerprint density at radius 2 is 1.86 bits per heavy atom. The maximum absolute atomic E-state index is 13.1. The van der Waals surface area contributed by atoms with Gasteiger partial charge in [-0.2, -0.15) is 0 Å². The van der Waals surface area contributed by atoms with E-state index in [0.29, 0.717) is 18.7 Å². The van der Waals surface area contributed by atoms with Crippen LogP contribution in [0.5, 0.6) is 0 Å². The fraction of sp³-hybridized carbons (Fsp3) is 0.348. The van der Waals surface area contributed by atoms with Crippen molar-refractivity contribution in [2.24, 2.45) is 0 Å². The van der Waals surface area contributed by atoms with Gasteiger partial charge in [-0.05, 0) is 51.2 Å². The number of hydrogen-bond donors (Lipinski definition) is 1. The number of carbonyl (C=O) groups is 2. The van der Waals surface area contributed by atoms with Gasteiger partial charge in [-0.15, -0.1) is 0 Å². The zero-order valence-corrected chi connectivity index (χ0v) is 16.9. The van der Waals surface area contributed by atoms with E-state index in [9.17, 15) is 14.7 Å². The molecule has 1 atom stereocenters. The Morgan fingerprint density at radius 1 is 1.14 bits per heavy atom. The molecule has 0 saturated heterocycles. The van der Waals surface area contributed by atoms with E-state index < -0.39 is 17.7 Å². The van der Waals surface area contributed by atoms with Gasteiger partial charge >= 0.3 is 0 Å². The minimum atomic E-state index is -0.644. The van der Waals surface area contributed by atoms with Crippen molar-refractivity contribution in [2.75, 3.05) is 27.2 Å². The first-order valence-corrected chi connectivity index (χ1v) is 9.86. The van der Waals surface area contributed by atoms with Crippen LogP contribution in [0.4, 0.5) is 0 Å². The molecule has 1 amide bonds. The van der Waals surface area contributed by atoms with Crippen molar-refractivity contribution in [3.63, 3.8) is 0 Å². The highest BCUT2D eigenvalue weighted by molar-refractivity contribution is 6.08. The molecule has 0 radical (unpaired) electrons. The van der Waals surface area contributed by atoms with Crippen LogP contribution in [0.1, 0.15) is 30.1 Å². The summed E-state index contributed by atoms with van der Waals surface area (Å²) in [6.45, 7) is 1.24. The number of carbonyl (C=O) groups excluding carboxylic acids is 2. The third-order valence-corrected chi connectivity index (χ3v) is 5.06. The van der Waals surface area contributed by atoms with Crippen molar-refractivity contribution in [3.05, 3.63) is 77.3 Å². The van der Waals surface area contributed by atoms with Crippen LogP contribution in [0.15, 0.2) is 66.1 Å². The maximum Gasteiger partial charge on any atom is 0.290 e. The van der Waals surface area contributed by atoms with Crippen molar-refractivity contribution in [2.45, 2.75) is 25.3 Å². The molecule has 0 bridgehead atoms. The Morgan fingerprint density at radius 3 is 2.52 bits per heavy atom. The molecule has 1 aliphatic heterocycles. The lowest BCUT2D eigenvalue weighted by atomic mass is 9.95. The molecule has 0 fully saturated rings. The van der Waals surface area contributed by atoms with E-state index in [-0.39, 0.29) is 17.8 Å². The number of aryl methyl sites for hydroxylation is 1. The summed E-state index contributed by atoms with van der Waals surface area (Å²) in [5.41, 5.74) is 1.80. The first-order chi connectivity index (χ1) is 14.0. The molecular formula is C23H27N3O3. The van der Waals surface area contributed by atoms with Gasteiger partial charge in [0.1, 0.15) is 6.04 Å². The van der Waals surface area contributed by atoms with E-state index in [1.54, 1.807) is 23.2 Å². The summed E-state index contributed by atoms with van der Waals surface area (Å²) in [4.78, 5) is 33.8. The van der Waals surface area contributed by atoms with Gasteiger partial charge in [0.2, 0.25) is 0 Å². The number of rotatable bonds is 9. The zero-order valence-electron chi connectivity index (χ0n) is 16.9. The number of hydrogen-bond acceptors (Lipinski definition) is 5. The number of aromatic nitrogens is 1. The van der Waals surface area contributed by atoms with Crippen LogP contribution in [0.2, 0.25) is 0 Å². The van der Waals surface area contributed by atoms with Gasteiger partial charge in [-0.3, -0.25) is 14.6 Å². The maximum atomic E-state index is 13.1. The standard InChI is InChI=1S/C23H27N3O3/c1-25(2)15-8-16-26-21(18-11-6-7-14-24-18)20(22(28)23(26)29)19(27)13-12-17-9-4-3-5-10-17/h3-7,9-11,14,21,28H,8,12-13,15-16H2,1-2H3. The quantitative estimate of drug-likeness (QED) is 0.709. The molecule has 1 aromatic heterocycles. The second-order valence-corrected chi connectivity index (χ2v) is 7.48. The number of nitrogens with zero attached hydrogens (tertiary/aromatic N) is 3. The molecule has 6 heteroatoms. The van der Waals surface area contributed by atoms with Gasteiger partial charge in [-0.25, -0.2) is 0 Å². The van der Waals surface area contributed by atoms with Gasteiger partial charge in [-0.1, -0.05) is 36.4 Å². The van der Waals surface area contributed by atoms with Crippen molar-refractivity contribution < 1.29 is 14.7 Å². The SMILES string of the molecule is CN(C)CCCN1C(=O)C(O)=C(C(=O)CCc2ccccc2)C1c1ccccn1. The second-order valence-electron chi connectivity index (χ2n) is 7.48. The molecule has 1 aliphatic rings. The van der Waals surface area contributed by atoms with Crippen molar-refractivity contribution in [1.29, 1.82) is 0 Å². The average molecular weight is 393 g/mol. The number of pyridine rings is 1. The molecule has 0 aliphatic carbocycles. The number of ketones is 1. The molecule has 3 rings (SSSR count). The molecule has 2 aromatic rings. The molecule has 29 heavy (non-hydrogen) atoms. The third kappa shape index (κ3) is 4.90. The van der Waals surface area contributed by atoms with Gasteiger partial charge in [0.25, 0.3) is 5.91 Å². The zero-order chi connectivity index (χ0) is 20.8. The summed E-state index contributed by atoms with van der Waals surface area (Å²) in [5.74, 6) is -1.16.